The fraction of sp³-hybridized carbons (Fsp3) is 0.0667. The Morgan fingerprint density at radius 2 is 2.00 bits per heavy atom. The van der Waals surface area contributed by atoms with Crippen molar-refractivity contribution in [2.24, 2.45) is 0 Å². The summed E-state index contributed by atoms with van der Waals surface area (Å²) in [5.74, 6) is 0.388. The molecule has 3 heterocycles. The van der Waals surface area contributed by atoms with Gasteiger partial charge in [0.05, 0.1) is 28.3 Å². The van der Waals surface area contributed by atoms with E-state index in [9.17, 15) is 4.79 Å². The number of rotatable bonds is 2. The SMILES string of the molecule is Cc1ncc(NC(=O)c2cn3c(n2)sc2ccccc23)cn1. The van der Waals surface area contributed by atoms with Gasteiger partial charge in [-0.25, -0.2) is 15.0 Å². The average Bonchev–Trinajstić information content (AvgIpc) is 3.07. The van der Waals surface area contributed by atoms with Crippen LogP contribution in [-0.2, 0) is 0 Å². The summed E-state index contributed by atoms with van der Waals surface area (Å²) < 4.78 is 3.07. The highest BCUT2D eigenvalue weighted by Gasteiger charge is 2.14. The van der Waals surface area contributed by atoms with E-state index in [0.29, 0.717) is 17.2 Å². The number of carbonyl (C=O) groups excluding carboxylic acids is 1. The predicted molar refractivity (Wildman–Crippen MR) is 85.3 cm³/mol. The van der Waals surface area contributed by atoms with E-state index in [1.54, 1.807) is 36.9 Å². The number of para-hydroxylation sites is 1. The quantitative estimate of drug-likeness (QED) is 0.618. The Labute approximate surface area is 129 Å². The van der Waals surface area contributed by atoms with E-state index in [0.717, 1.165) is 15.2 Å². The van der Waals surface area contributed by atoms with Crippen LogP contribution in [0.3, 0.4) is 0 Å². The molecule has 0 aliphatic rings. The van der Waals surface area contributed by atoms with Gasteiger partial charge in [0, 0.05) is 6.20 Å². The fourth-order valence-electron chi connectivity index (χ4n) is 2.21. The Hall–Kier alpha value is -2.80. The second kappa shape index (κ2) is 4.88. The smallest absolute Gasteiger partial charge is 0.276 e. The van der Waals surface area contributed by atoms with Crippen LogP contribution in [0.15, 0.2) is 42.9 Å². The van der Waals surface area contributed by atoms with E-state index < -0.39 is 0 Å². The topological polar surface area (TPSA) is 72.2 Å². The molecule has 0 radical (unpaired) electrons. The fourth-order valence-corrected chi connectivity index (χ4v) is 3.22. The Morgan fingerprint density at radius 1 is 1.23 bits per heavy atom. The number of thiazole rings is 1. The highest BCUT2D eigenvalue weighted by Crippen LogP contribution is 2.26. The minimum Gasteiger partial charge on any atom is -0.318 e. The van der Waals surface area contributed by atoms with E-state index in [-0.39, 0.29) is 5.91 Å². The molecule has 3 aromatic heterocycles. The number of fused-ring (bicyclic) bond motifs is 3. The first kappa shape index (κ1) is 12.9. The Balaban J connectivity index is 1.68. The molecule has 0 saturated carbocycles. The molecule has 0 aliphatic carbocycles. The lowest BCUT2D eigenvalue weighted by molar-refractivity contribution is 0.102. The highest BCUT2D eigenvalue weighted by atomic mass is 32.1. The number of nitrogens with one attached hydrogen (secondary N) is 1. The second-order valence-electron chi connectivity index (χ2n) is 4.82. The van der Waals surface area contributed by atoms with Gasteiger partial charge in [-0.05, 0) is 19.1 Å². The number of aryl methyl sites for hydroxylation is 1. The van der Waals surface area contributed by atoms with Gasteiger partial charge >= 0.3 is 0 Å². The molecule has 0 aliphatic heterocycles. The van der Waals surface area contributed by atoms with Crippen LogP contribution in [0.4, 0.5) is 5.69 Å². The highest BCUT2D eigenvalue weighted by molar-refractivity contribution is 7.23. The standard InChI is InChI=1S/C15H11N5OS/c1-9-16-6-10(7-17-9)18-14(21)11-8-20-12-4-2-3-5-13(12)22-15(20)19-11/h2-8H,1H3,(H,18,21). The second-order valence-corrected chi connectivity index (χ2v) is 5.83. The third-order valence-corrected chi connectivity index (χ3v) is 4.31. The number of hydrogen-bond donors (Lipinski definition) is 1. The third-order valence-electron chi connectivity index (χ3n) is 3.27. The zero-order chi connectivity index (χ0) is 15.1. The van der Waals surface area contributed by atoms with Crippen molar-refractivity contribution < 1.29 is 4.79 Å². The molecule has 0 saturated heterocycles. The third kappa shape index (κ3) is 2.11. The van der Waals surface area contributed by atoms with Crippen LogP contribution in [0.5, 0.6) is 0 Å². The van der Waals surface area contributed by atoms with Gasteiger partial charge in [0.2, 0.25) is 0 Å². The molecular weight excluding hydrogens is 298 g/mol. The summed E-state index contributed by atoms with van der Waals surface area (Å²) in [7, 11) is 0. The minimum absolute atomic E-state index is 0.271. The van der Waals surface area contributed by atoms with Gasteiger partial charge in [-0.15, -0.1) is 0 Å². The van der Waals surface area contributed by atoms with Gasteiger partial charge in [-0.3, -0.25) is 9.20 Å². The maximum atomic E-state index is 12.3. The van der Waals surface area contributed by atoms with E-state index in [2.05, 4.69) is 20.3 Å². The number of hydrogen-bond acceptors (Lipinski definition) is 5. The van der Waals surface area contributed by atoms with E-state index in [1.165, 1.54) is 0 Å². The number of aromatic nitrogens is 4. The molecule has 7 heteroatoms. The summed E-state index contributed by atoms with van der Waals surface area (Å²) in [6.07, 6.45) is 4.90. The lowest BCUT2D eigenvalue weighted by Crippen LogP contribution is -2.12. The molecule has 22 heavy (non-hydrogen) atoms. The van der Waals surface area contributed by atoms with Gasteiger partial charge in [0.25, 0.3) is 5.91 Å². The maximum absolute atomic E-state index is 12.3. The molecule has 4 rings (SSSR count). The molecule has 108 valence electrons. The van der Waals surface area contributed by atoms with Crippen LogP contribution in [0.1, 0.15) is 16.3 Å². The normalized spacial score (nSPS) is 11.1. The molecule has 0 bridgehead atoms. The number of anilines is 1. The van der Waals surface area contributed by atoms with Crippen LogP contribution >= 0.6 is 11.3 Å². The zero-order valence-corrected chi connectivity index (χ0v) is 12.5. The van der Waals surface area contributed by atoms with Gasteiger partial charge < -0.3 is 5.32 Å². The van der Waals surface area contributed by atoms with Crippen LogP contribution in [0, 0.1) is 6.92 Å². The summed E-state index contributed by atoms with van der Waals surface area (Å²) in [6, 6.07) is 8.01. The molecule has 1 amide bonds. The van der Waals surface area contributed by atoms with Gasteiger partial charge in [-0.1, -0.05) is 23.5 Å². The molecule has 4 aromatic rings. The number of amides is 1. The maximum Gasteiger partial charge on any atom is 0.276 e. The van der Waals surface area contributed by atoms with Crippen LogP contribution in [-0.4, -0.2) is 25.3 Å². The number of benzene rings is 1. The summed E-state index contributed by atoms with van der Waals surface area (Å²) in [5.41, 5.74) is 1.97. The summed E-state index contributed by atoms with van der Waals surface area (Å²) in [6.45, 7) is 1.79. The van der Waals surface area contributed by atoms with Crippen LogP contribution in [0.25, 0.3) is 15.2 Å². The largest absolute Gasteiger partial charge is 0.318 e. The van der Waals surface area contributed by atoms with Crippen molar-refractivity contribution in [2.45, 2.75) is 6.92 Å². The molecule has 0 atom stereocenters. The lowest BCUT2D eigenvalue weighted by Gasteiger charge is -2.01. The Morgan fingerprint density at radius 3 is 2.82 bits per heavy atom. The number of imidazole rings is 1. The van der Waals surface area contributed by atoms with Crippen molar-refractivity contribution in [3.8, 4) is 0 Å². The van der Waals surface area contributed by atoms with Crippen molar-refractivity contribution in [1.82, 2.24) is 19.4 Å². The summed E-state index contributed by atoms with van der Waals surface area (Å²) in [4.78, 5) is 25.6. The van der Waals surface area contributed by atoms with Crippen molar-refractivity contribution in [3.05, 3.63) is 54.4 Å². The van der Waals surface area contributed by atoms with Gasteiger partial charge in [0.1, 0.15) is 11.5 Å². The van der Waals surface area contributed by atoms with Gasteiger partial charge in [-0.2, -0.15) is 0 Å². The monoisotopic (exact) mass is 309 g/mol. The summed E-state index contributed by atoms with van der Waals surface area (Å²) in [5, 5.41) is 2.75. The van der Waals surface area contributed by atoms with Crippen molar-refractivity contribution in [1.29, 1.82) is 0 Å². The first-order valence-electron chi connectivity index (χ1n) is 6.67. The molecule has 1 N–H and O–H groups in total. The molecular formula is C15H11N5OS. The van der Waals surface area contributed by atoms with E-state index in [4.69, 9.17) is 0 Å². The first-order valence-corrected chi connectivity index (χ1v) is 7.49. The summed E-state index contributed by atoms with van der Waals surface area (Å²) >= 11 is 1.56. The molecule has 1 aromatic carbocycles. The van der Waals surface area contributed by atoms with Crippen LogP contribution in [0.2, 0.25) is 0 Å². The molecule has 0 unspecified atom stereocenters. The van der Waals surface area contributed by atoms with Crippen molar-refractivity contribution in [2.75, 3.05) is 5.32 Å². The van der Waals surface area contributed by atoms with Crippen molar-refractivity contribution >= 4 is 38.1 Å². The first-order chi connectivity index (χ1) is 10.7. The molecule has 6 nitrogen and oxygen atoms in total. The van der Waals surface area contributed by atoms with Gasteiger partial charge in [0.15, 0.2) is 4.96 Å². The minimum atomic E-state index is -0.271. The molecule has 0 fully saturated rings. The zero-order valence-electron chi connectivity index (χ0n) is 11.6. The van der Waals surface area contributed by atoms with Crippen LogP contribution < -0.4 is 5.32 Å². The number of carbonyl (C=O) groups is 1. The lowest BCUT2D eigenvalue weighted by atomic mass is 10.3. The van der Waals surface area contributed by atoms with Crippen molar-refractivity contribution in [3.63, 3.8) is 0 Å². The average molecular weight is 309 g/mol. The van der Waals surface area contributed by atoms with E-state index >= 15 is 0 Å². The predicted octanol–water partition coefficient (Wildman–Crippen LogP) is 2.90. The Bertz CT molecular complexity index is 986. The molecule has 0 spiro atoms. The van der Waals surface area contributed by atoms with E-state index in [1.807, 2.05) is 28.7 Å². The number of nitrogens with zero attached hydrogens (tertiary/aromatic N) is 4. The Kier molecular flexibility index (Phi) is 2.87.